The highest BCUT2D eigenvalue weighted by molar-refractivity contribution is 5.35. The average molecular weight is 110 g/mol. The second-order valence-corrected chi connectivity index (χ2v) is 1.23. The first kappa shape index (κ1) is 4.90. The zero-order chi connectivity index (χ0) is 5.82. The van der Waals surface area contributed by atoms with Crippen LogP contribution in [0.2, 0.25) is 0 Å². The molecule has 3 heteroatoms. The van der Waals surface area contributed by atoms with Gasteiger partial charge >= 0.3 is 0 Å². The molecule has 0 bridgehead atoms. The van der Waals surface area contributed by atoms with E-state index in [1.165, 1.54) is 12.5 Å². The van der Waals surface area contributed by atoms with E-state index in [1.807, 2.05) is 0 Å². The Bertz CT molecular complexity index is 167. The minimum atomic E-state index is 0.535. The Labute approximate surface area is 46.8 Å². The maximum Gasteiger partial charge on any atom is 0.219 e. The molecule has 1 aromatic heterocycles. The molecule has 0 fully saturated rings. The van der Waals surface area contributed by atoms with Crippen LogP contribution >= 0.6 is 0 Å². The zero-order valence-electron chi connectivity index (χ0n) is 4.24. The average Bonchev–Trinajstić information content (AvgIpc) is 2.19. The Hall–Kier alpha value is -1.25. The summed E-state index contributed by atoms with van der Waals surface area (Å²) in [5, 5.41) is 0. The van der Waals surface area contributed by atoms with Gasteiger partial charge in [-0.1, -0.05) is 0 Å². The highest BCUT2D eigenvalue weighted by Gasteiger charge is 1.84. The van der Waals surface area contributed by atoms with E-state index < -0.39 is 0 Å². The molecular formula is C5H6N2O. The molecule has 0 atom stereocenters. The molecule has 3 nitrogen and oxygen atoms in total. The van der Waals surface area contributed by atoms with Gasteiger partial charge in [-0.2, -0.15) is 0 Å². The third kappa shape index (κ3) is 0.872. The van der Waals surface area contributed by atoms with Gasteiger partial charge in [0.15, 0.2) is 0 Å². The third-order valence-corrected chi connectivity index (χ3v) is 0.690. The van der Waals surface area contributed by atoms with Gasteiger partial charge in [0.2, 0.25) is 5.89 Å². The van der Waals surface area contributed by atoms with Crippen molar-refractivity contribution in [3.63, 3.8) is 0 Å². The quantitative estimate of drug-likeness (QED) is 0.576. The van der Waals surface area contributed by atoms with E-state index >= 15 is 0 Å². The van der Waals surface area contributed by atoms with Crippen molar-refractivity contribution in [1.82, 2.24) is 4.98 Å². The fraction of sp³-hybridized carbons (Fsp3) is 0. The van der Waals surface area contributed by atoms with Crippen molar-refractivity contribution in [2.45, 2.75) is 0 Å². The van der Waals surface area contributed by atoms with Crippen molar-refractivity contribution in [1.29, 1.82) is 0 Å². The van der Waals surface area contributed by atoms with Crippen molar-refractivity contribution in [3.8, 4) is 0 Å². The van der Waals surface area contributed by atoms with E-state index in [0.717, 1.165) is 0 Å². The van der Waals surface area contributed by atoms with E-state index in [1.54, 1.807) is 12.3 Å². The number of nitrogens with zero attached hydrogens (tertiary/aromatic N) is 1. The molecule has 0 radical (unpaired) electrons. The van der Waals surface area contributed by atoms with E-state index in [2.05, 4.69) is 4.98 Å². The number of rotatable bonds is 1. The van der Waals surface area contributed by atoms with Gasteiger partial charge in [0.1, 0.15) is 6.26 Å². The van der Waals surface area contributed by atoms with Crippen LogP contribution in [0.5, 0.6) is 0 Å². The molecule has 1 heterocycles. The van der Waals surface area contributed by atoms with E-state index in [9.17, 15) is 0 Å². The molecule has 1 aromatic rings. The molecule has 0 aliphatic rings. The molecular weight excluding hydrogens is 104 g/mol. The molecule has 0 aromatic carbocycles. The number of nitrogens with two attached hydrogens (primary N) is 1. The van der Waals surface area contributed by atoms with Crippen molar-refractivity contribution in [2.24, 2.45) is 5.73 Å². The van der Waals surface area contributed by atoms with E-state index in [-0.39, 0.29) is 0 Å². The highest BCUT2D eigenvalue weighted by Crippen LogP contribution is 1.93. The predicted molar refractivity (Wildman–Crippen MR) is 29.7 cm³/mol. The monoisotopic (exact) mass is 110 g/mol. The van der Waals surface area contributed by atoms with Crippen molar-refractivity contribution in [2.75, 3.05) is 0 Å². The zero-order valence-corrected chi connectivity index (χ0v) is 4.24. The fourth-order valence-electron chi connectivity index (χ4n) is 0.399. The minimum Gasteiger partial charge on any atom is -0.445 e. The van der Waals surface area contributed by atoms with Crippen LogP contribution in [0.15, 0.2) is 23.1 Å². The second kappa shape index (κ2) is 2.16. The summed E-state index contributed by atoms with van der Waals surface area (Å²) in [6.07, 6.45) is 6.02. The molecule has 0 saturated heterocycles. The second-order valence-electron chi connectivity index (χ2n) is 1.23. The van der Waals surface area contributed by atoms with Crippen molar-refractivity contribution >= 4 is 6.08 Å². The molecule has 1 rings (SSSR count). The van der Waals surface area contributed by atoms with Gasteiger partial charge in [-0.15, -0.1) is 0 Å². The largest absolute Gasteiger partial charge is 0.445 e. The van der Waals surface area contributed by atoms with E-state index in [4.69, 9.17) is 10.2 Å². The first-order chi connectivity index (χ1) is 3.93. The lowest BCUT2D eigenvalue weighted by Gasteiger charge is -1.74. The molecule has 0 saturated carbocycles. The first-order valence-corrected chi connectivity index (χ1v) is 2.21. The van der Waals surface area contributed by atoms with Gasteiger partial charge in [0.05, 0.1) is 6.20 Å². The summed E-state index contributed by atoms with van der Waals surface area (Å²) in [6, 6.07) is 0. The first-order valence-electron chi connectivity index (χ1n) is 2.21. The number of hydrogen-bond acceptors (Lipinski definition) is 3. The van der Waals surface area contributed by atoms with Crippen molar-refractivity contribution < 1.29 is 4.42 Å². The summed E-state index contributed by atoms with van der Waals surface area (Å²) < 4.78 is 4.80. The van der Waals surface area contributed by atoms with Crippen LogP contribution in [0.25, 0.3) is 6.08 Å². The Kier molecular flexibility index (Phi) is 1.32. The van der Waals surface area contributed by atoms with Gasteiger partial charge in [-0.25, -0.2) is 4.98 Å². The fourth-order valence-corrected chi connectivity index (χ4v) is 0.399. The molecule has 0 aliphatic carbocycles. The van der Waals surface area contributed by atoms with Gasteiger partial charge in [0, 0.05) is 6.08 Å². The minimum absolute atomic E-state index is 0.535. The predicted octanol–water partition coefficient (Wildman–Crippen LogP) is 0.604. The van der Waals surface area contributed by atoms with Gasteiger partial charge in [0.25, 0.3) is 0 Å². The van der Waals surface area contributed by atoms with Crippen LogP contribution in [0, 0.1) is 0 Å². The molecule has 0 aliphatic heterocycles. The lowest BCUT2D eigenvalue weighted by atomic mass is 10.6. The number of aromatic nitrogens is 1. The van der Waals surface area contributed by atoms with E-state index in [0.29, 0.717) is 5.89 Å². The van der Waals surface area contributed by atoms with Gasteiger partial charge in [-0.05, 0) is 6.20 Å². The summed E-state index contributed by atoms with van der Waals surface area (Å²) in [7, 11) is 0. The lowest BCUT2D eigenvalue weighted by Crippen LogP contribution is -1.75. The summed E-state index contributed by atoms with van der Waals surface area (Å²) >= 11 is 0. The Morgan fingerprint density at radius 2 is 2.62 bits per heavy atom. The summed E-state index contributed by atoms with van der Waals surface area (Å²) in [6.45, 7) is 0. The molecule has 0 amide bonds. The topological polar surface area (TPSA) is 52.0 Å². The molecule has 0 unspecified atom stereocenters. The highest BCUT2D eigenvalue weighted by atomic mass is 16.3. The third-order valence-electron chi connectivity index (χ3n) is 0.690. The van der Waals surface area contributed by atoms with Crippen LogP contribution in [-0.2, 0) is 0 Å². The Morgan fingerprint density at radius 1 is 1.75 bits per heavy atom. The summed E-state index contributed by atoms with van der Waals surface area (Å²) in [5.74, 6) is 0.535. The molecule has 42 valence electrons. The lowest BCUT2D eigenvalue weighted by molar-refractivity contribution is 0.546. The van der Waals surface area contributed by atoms with Gasteiger partial charge in [-0.3, -0.25) is 0 Å². The summed E-state index contributed by atoms with van der Waals surface area (Å²) in [5.41, 5.74) is 5.04. The number of oxazole rings is 1. The maximum atomic E-state index is 5.04. The summed E-state index contributed by atoms with van der Waals surface area (Å²) in [4.78, 5) is 3.77. The van der Waals surface area contributed by atoms with Gasteiger partial charge < -0.3 is 10.2 Å². The van der Waals surface area contributed by atoms with Crippen LogP contribution < -0.4 is 5.73 Å². The van der Waals surface area contributed by atoms with Crippen molar-refractivity contribution in [3.05, 3.63) is 24.6 Å². The Balaban J connectivity index is 2.77. The van der Waals surface area contributed by atoms with Crippen LogP contribution in [0.1, 0.15) is 5.89 Å². The smallest absolute Gasteiger partial charge is 0.219 e. The molecule has 8 heavy (non-hydrogen) atoms. The maximum absolute atomic E-state index is 5.04. The number of hydrogen-bond donors (Lipinski definition) is 1. The van der Waals surface area contributed by atoms with Crippen LogP contribution in [0.4, 0.5) is 0 Å². The SMILES string of the molecule is NC=Cc1ncco1. The van der Waals surface area contributed by atoms with Crippen LogP contribution in [0.3, 0.4) is 0 Å². The molecule has 2 N–H and O–H groups in total. The normalized spacial score (nSPS) is 10.5. The molecule has 0 spiro atoms. The Morgan fingerprint density at radius 3 is 3.12 bits per heavy atom. The van der Waals surface area contributed by atoms with Crippen LogP contribution in [-0.4, -0.2) is 4.98 Å². The standard InChI is InChI=1S/C5H6N2O/c6-2-1-5-7-3-4-8-5/h1-4H,6H2.